The summed E-state index contributed by atoms with van der Waals surface area (Å²) in [6.45, 7) is 0.658. The van der Waals surface area contributed by atoms with Gasteiger partial charge in [-0.05, 0) is 48.4 Å². The van der Waals surface area contributed by atoms with Crippen LogP contribution in [0.15, 0.2) is 82.5 Å². The number of aryl methyl sites for hydroxylation is 1. The minimum absolute atomic E-state index is 0.0548. The van der Waals surface area contributed by atoms with Gasteiger partial charge in [-0.15, -0.1) is 0 Å². The molecule has 0 saturated heterocycles. The van der Waals surface area contributed by atoms with Gasteiger partial charge in [-0.3, -0.25) is 9.48 Å². The summed E-state index contributed by atoms with van der Waals surface area (Å²) in [5.74, 6) is 2.12. The van der Waals surface area contributed by atoms with Gasteiger partial charge in [0.25, 0.3) is 0 Å². The van der Waals surface area contributed by atoms with Crippen molar-refractivity contribution >= 4 is 34.5 Å². The molecule has 188 valence electrons. The fraction of sp³-hybridized carbons (Fsp3) is 0.250. The number of para-hydroxylation sites is 1. The second kappa shape index (κ2) is 9.16. The molecular weight excluding hydrogens is 468 g/mol. The Hall–Kier alpha value is -4.53. The largest absolute Gasteiger partial charge is 0.493 e. The highest BCUT2D eigenvalue weighted by Crippen LogP contribution is 2.33. The number of hydrogen-bond acceptors (Lipinski definition) is 7. The zero-order valence-electron chi connectivity index (χ0n) is 21.0. The van der Waals surface area contributed by atoms with Crippen LogP contribution in [0.2, 0.25) is 0 Å². The number of aliphatic imine (C=N–C) groups is 1. The number of rotatable bonds is 6. The Kier molecular flexibility index (Phi) is 5.67. The third kappa shape index (κ3) is 4.02. The van der Waals surface area contributed by atoms with Crippen LogP contribution in [0, 0.1) is 0 Å². The van der Waals surface area contributed by atoms with Crippen LogP contribution in [0.3, 0.4) is 0 Å². The minimum Gasteiger partial charge on any atom is -0.493 e. The molecular formula is C28H28N6O3. The molecule has 0 saturated carbocycles. The maximum absolute atomic E-state index is 13.3. The molecule has 0 fully saturated rings. The van der Waals surface area contributed by atoms with Gasteiger partial charge in [-0.1, -0.05) is 18.2 Å². The summed E-state index contributed by atoms with van der Waals surface area (Å²) in [6, 6.07) is 14.0. The maximum atomic E-state index is 13.3. The van der Waals surface area contributed by atoms with Crippen molar-refractivity contribution in [3.63, 3.8) is 0 Å². The van der Waals surface area contributed by atoms with Crippen LogP contribution >= 0.6 is 0 Å². The van der Waals surface area contributed by atoms with Crippen molar-refractivity contribution in [1.29, 1.82) is 0 Å². The van der Waals surface area contributed by atoms with Gasteiger partial charge in [0.1, 0.15) is 5.82 Å². The van der Waals surface area contributed by atoms with Crippen molar-refractivity contribution in [3.8, 4) is 0 Å². The van der Waals surface area contributed by atoms with Gasteiger partial charge in [0.05, 0.1) is 44.2 Å². The third-order valence-corrected chi connectivity index (χ3v) is 7.04. The lowest BCUT2D eigenvalue weighted by atomic mass is 9.98. The van der Waals surface area contributed by atoms with Crippen LogP contribution in [-0.2, 0) is 34.2 Å². The number of benzene rings is 2. The molecule has 2 aromatic carbocycles. The molecule has 3 aliphatic rings. The van der Waals surface area contributed by atoms with E-state index in [1.165, 1.54) is 0 Å². The lowest BCUT2D eigenvalue weighted by Crippen LogP contribution is -2.34. The van der Waals surface area contributed by atoms with Crippen LogP contribution in [0.5, 0.6) is 0 Å². The summed E-state index contributed by atoms with van der Waals surface area (Å²) in [7, 11) is 5.16. The molecule has 2 N–H and O–H groups in total. The molecule has 1 unspecified atom stereocenters. The van der Waals surface area contributed by atoms with Crippen molar-refractivity contribution in [2.75, 3.05) is 31.0 Å². The van der Waals surface area contributed by atoms with E-state index in [1.807, 2.05) is 65.2 Å². The lowest BCUT2D eigenvalue weighted by Gasteiger charge is -2.27. The highest BCUT2D eigenvalue weighted by molar-refractivity contribution is 5.99. The molecule has 9 heteroatoms. The average molecular weight is 497 g/mol. The van der Waals surface area contributed by atoms with Crippen molar-refractivity contribution in [1.82, 2.24) is 15.1 Å². The van der Waals surface area contributed by atoms with E-state index in [2.05, 4.69) is 26.8 Å². The van der Waals surface area contributed by atoms with Crippen molar-refractivity contribution in [2.45, 2.75) is 18.9 Å². The number of nitrogens with zero attached hydrogens (tertiary/aromatic N) is 4. The number of carbonyl (C=O) groups excluding carboxylic acids is 1. The molecule has 1 amide bonds. The second-order valence-electron chi connectivity index (χ2n) is 9.18. The van der Waals surface area contributed by atoms with Gasteiger partial charge in [-0.25, -0.2) is 4.99 Å². The first-order valence-electron chi connectivity index (χ1n) is 12.2. The molecule has 2 aliphatic heterocycles. The molecule has 6 rings (SSSR count). The standard InChI is InChI=1S/C28H28N6O3/c1-33-24-7-5-4-6-19(24)22(32-33)15-27(35)34-11-10-17-12-18(8-9-23(17)34)31-28-20-13-25(36-2)26(37-3)14-21(20)29-16-30-28/h4-9,12-14,16,21,31H,10-11,15H2,1-3H3,(H,29,30). The number of carbonyl (C=O) groups is 1. The van der Waals surface area contributed by atoms with Gasteiger partial charge >= 0.3 is 0 Å². The summed E-state index contributed by atoms with van der Waals surface area (Å²) in [4.78, 5) is 19.7. The van der Waals surface area contributed by atoms with Gasteiger partial charge in [0.2, 0.25) is 5.91 Å². The molecule has 1 aliphatic carbocycles. The zero-order valence-corrected chi connectivity index (χ0v) is 21.0. The number of ether oxygens (including phenoxy) is 2. The Morgan fingerprint density at radius 3 is 2.84 bits per heavy atom. The highest BCUT2D eigenvalue weighted by atomic mass is 16.5. The molecule has 0 spiro atoms. The van der Waals surface area contributed by atoms with E-state index in [-0.39, 0.29) is 18.4 Å². The molecule has 1 aromatic heterocycles. The number of anilines is 2. The number of hydrogen-bond donors (Lipinski definition) is 2. The first-order valence-corrected chi connectivity index (χ1v) is 12.2. The Labute approximate surface area is 214 Å². The number of fused-ring (bicyclic) bond motifs is 3. The molecule has 1 atom stereocenters. The van der Waals surface area contributed by atoms with Crippen molar-refractivity contribution in [2.24, 2.45) is 12.0 Å². The van der Waals surface area contributed by atoms with Crippen molar-refractivity contribution in [3.05, 3.63) is 88.8 Å². The summed E-state index contributed by atoms with van der Waals surface area (Å²) in [5.41, 5.74) is 5.79. The summed E-state index contributed by atoms with van der Waals surface area (Å²) in [6.07, 6.45) is 6.65. The van der Waals surface area contributed by atoms with E-state index < -0.39 is 0 Å². The Balaban J connectivity index is 1.22. The van der Waals surface area contributed by atoms with Crippen LogP contribution in [0.4, 0.5) is 11.4 Å². The Morgan fingerprint density at radius 1 is 1.16 bits per heavy atom. The summed E-state index contributed by atoms with van der Waals surface area (Å²) >= 11 is 0. The molecule has 0 radical (unpaired) electrons. The Morgan fingerprint density at radius 2 is 2.00 bits per heavy atom. The quantitative estimate of drug-likeness (QED) is 0.544. The molecule has 0 bridgehead atoms. The van der Waals surface area contributed by atoms with Crippen LogP contribution in [0.25, 0.3) is 10.9 Å². The molecule has 3 aromatic rings. The molecule has 9 nitrogen and oxygen atoms in total. The van der Waals surface area contributed by atoms with Gasteiger partial charge in [0, 0.05) is 35.9 Å². The predicted molar refractivity (Wildman–Crippen MR) is 143 cm³/mol. The van der Waals surface area contributed by atoms with Crippen molar-refractivity contribution < 1.29 is 14.3 Å². The SMILES string of the molecule is COC1=CC2=C(Nc3ccc4c(c3)CCN4C(=O)Cc3nn(C)c4ccccc34)N=CNC2C=C1OC. The van der Waals surface area contributed by atoms with E-state index in [4.69, 9.17) is 9.47 Å². The summed E-state index contributed by atoms with van der Waals surface area (Å²) < 4.78 is 12.8. The third-order valence-electron chi connectivity index (χ3n) is 7.04. The Bertz CT molecular complexity index is 1530. The highest BCUT2D eigenvalue weighted by Gasteiger charge is 2.28. The monoisotopic (exact) mass is 496 g/mol. The van der Waals surface area contributed by atoms with Gasteiger partial charge in [0.15, 0.2) is 11.5 Å². The second-order valence-corrected chi connectivity index (χ2v) is 9.18. The predicted octanol–water partition coefficient (Wildman–Crippen LogP) is 3.40. The smallest absolute Gasteiger partial charge is 0.233 e. The first-order chi connectivity index (χ1) is 18.1. The fourth-order valence-electron chi connectivity index (χ4n) is 5.20. The zero-order chi connectivity index (χ0) is 25.5. The van der Waals surface area contributed by atoms with E-state index in [1.54, 1.807) is 20.6 Å². The molecule has 3 heterocycles. The number of aromatic nitrogens is 2. The van der Waals surface area contributed by atoms with Crippen LogP contribution < -0.4 is 15.5 Å². The fourth-order valence-corrected chi connectivity index (χ4v) is 5.20. The maximum Gasteiger partial charge on any atom is 0.233 e. The van der Waals surface area contributed by atoms with Crippen LogP contribution in [0.1, 0.15) is 11.3 Å². The average Bonchev–Trinajstić information content (AvgIpc) is 3.48. The van der Waals surface area contributed by atoms with E-state index in [9.17, 15) is 4.79 Å². The number of nitrogens with one attached hydrogen (secondary N) is 2. The number of amides is 1. The molecule has 37 heavy (non-hydrogen) atoms. The van der Waals surface area contributed by atoms with Gasteiger partial charge in [-0.2, -0.15) is 5.10 Å². The van der Waals surface area contributed by atoms with E-state index >= 15 is 0 Å². The van der Waals surface area contributed by atoms with E-state index in [0.29, 0.717) is 18.1 Å². The first kappa shape index (κ1) is 22.9. The minimum atomic E-state index is -0.0703. The normalized spacial score (nSPS) is 18.1. The summed E-state index contributed by atoms with van der Waals surface area (Å²) in [5, 5.41) is 12.3. The lowest BCUT2D eigenvalue weighted by molar-refractivity contribution is -0.117. The van der Waals surface area contributed by atoms with E-state index in [0.717, 1.165) is 51.3 Å². The van der Waals surface area contributed by atoms with Crippen LogP contribution in [-0.4, -0.2) is 48.8 Å². The number of methoxy groups -OCH3 is 2. The topological polar surface area (TPSA) is 93.0 Å². The van der Waals surface area contributed by atoms with Gasteiger partial charge < -0.3 is 25.0 Å².